The molecule has 0 aromatic carbocycles. The summed E-state index contributed by atoms with van der Waals surface area (Å²) in [6.45, 7) is 0. The summed E-state index contributed by atoms with van der Waals surface area (Å²) in [5.74, 6) is 0. The maximum atomic E-state index is 9.26. The van der Waals surface area contributed by atoms with E-state index < -0.39 is 14.8 Å². The summed E-state index contributed by atoms with van der Waals surface area (Å²) in [6.07, 6.45) is 0. The minimum atomic E-state index is -2.83. The van der Waals surface area contributed by atoms with Crippen molar-refractivity contribution in [2.24, 2.45) is 0 Å². The van der Waals surface area contributed by atoms with Crippen LogP contribution in [-0.2, 0) is 3.52 Å². The monoisotopic (exact) mass is 158 g/mol. The second-order valence-corrected chi connectivity index (χ2v) is 3.39. The van der Waals surface area contributed by atoms with Crippen molar-refractivity contribution in [2.75, 3.05) is 0 Å². The van der Waals surface area contributed by atoms with Gasteiger partial charge in [-0.25, -0.2) is 0 Å². The van der Waals surface area contributed by atoms with Gasteiger partial charge in [-0.05, 0) is 0 Å². The Bertz CT molecular complexity index is 20.9. The second-order valence-electron chi connectivity index (χ2n) is 0.343. The highest BCUT2D eigenvalue weighted by molar-refractivity contribution is 5.97. The lowest BCUT2D eigenvalue weighted by Crippen LogP contribution is -2.33. The van der Waals surface area contributed by atoms with E-state index in [0.717, 1.165) is 0 Å². The SMILES string of the molecule is [O-][Br+2]([O-])O[SiH3]. The highest BCUT2D eigenvalue weighted by Gasteiger charge is 1.96. The molecule has 0 amide bonds. The van der Waals surface area contributed by atoms with Crippen LogP contribution in [0.5, 0.6) is 0 Å². The molecule has 5 heteroatoms. The van der Waals surface area contributed by atoms with Crippen molar-refractivity contribution < 1.29 is 26.7 Å². The first-order chi connectivity index (χ1) is 2.27. The van der Waals surface area contributed by atoms with Crippen molar-refractivity contribution in [3.63, 3.8) is 0 Å². The Morgan fingerprint density at radius 1 is 1.60 bits per heavy atom. The average molecular weight is 159 g/mol. The summed E-state index contributed by atoms with van der Waals surface area (Å²) < 4.78 is 22.4. The molecular formula is H3BrO3Si. The predicted molar refractivity (Wildman–Crippen MR) is 11.0 cm³/mol. The molecular weight excluding hydrogens is 156 g/mol. The van der Waals surface area contributed by atoms with Crippen LogP contribution in [0.1, 0.15) is 0 Å². The lowest BCUT2D eigenvalue weighted by atomic mass is 15.9. The molecule has 0 saturated carbocycles. The molecule has 0 saturated heterocycles. The van der Waals surface area contributed by atoms with Crippen molar-refractivity contribution in [2.45, 2.75) is 0 Å². The summed E-state index contributed by atoms with van der Waals surface area (Å²) >= 11 is -2.83. The van der Waals surface area contributed by atoms with Crippen molar-refractivity contribution in [1.29, 1.82) is 0 Å². The van der Waals surface area contributed by atoms with E-state index >= 15 is 0 Å². The maximum Gasteiger partial charge on any atom is 0.420 e. The van der Waals surface area contributed by atoms with E-state index in [4.69, 9.17) is 0 Å². The van der Waals surface area contributed by atoms with E-state index in [1.807, 2.05) is 0 Å². The van der Waals surface area contributed by atoms with Crippen LogP contribution in [0, 0.1) is 14.8 Å². The van der Waals surface area contributed by atoms with Crippen LogP contribution in [0.3, 0.4) is 0 Å². The highest BCUT2D eigenvalue weighted by atomic mass is 80.0. The largest absolute Gasteiger partial charge is 0.420 e. The Morgan fingerprint density at radius 3 is 1.80 bits per heavy atom. The lowest BCUT2D eigenvalue weighted by Gasteiger charge is -1.80. The standard InChI is InChI=1S/BrH3O3Si/c2-1(3)4-5/h5H3. The van der Waals surface area contributed by atoms with E-state index in [2.05, 4.69) is 3.52 Å². The zero-order valence-electron chi connectivity index (χ0n) is 2.60. The summed E-state index contributed by atoms with van der Waals surface area (Å²) in [5.41, 5.74) is 0. The van der Waals surface area contributed by atoms with Gasteiger partial charge in [0.1, 0.15) is 0 Å². The zero-order valence-corrected chi connectivity index (χ0v) is 6.19. The minimum Gasteiger partial charge on any atom is -0.373 e. The molecule has 3 nitrogen and oxygen atoms in total. The molecule has 0 atom stereocenters. The Labute approximate surface area is 37.9 Å². The topological polar surface area (TPSA) is 55.3 Å². The van der Waals surface area contributed by atoms with Crippen LogP contribution in [0.25, 0.3) is 0 Å². The third-order valence-electron chi connectivity index (χ3n) is 0.126. The third-order valence-corrected chi connectivity index (χ3v) is 1.96. The van der Waals surface area contributed by atoms with Crippen molar-refractivity contribution in [3.8, 4) is 0 Å². The van der Waals surface area contributed by atoms with Gasteiger partial charge in [-0.1, -0.05) is 3.52 Å². The van der Waals surface area contributed by atoms with Gasteiger partial charge in [0.05, 0.1) is 0 Å². The second kappa shape index (κ2) is 2.80. The van der Waals surface area contributed by atoms with Gasteiger partial charge in [-0.2, -0.15) is 0 Å². The fourth-order valence-electron chi connectivity index (χ4n) is 0. The van der Waals surface area contributed by atoms with Crippen LogP contribution in [0.4, 0.5) is 0 Å². The van der Waals surface area contributed by atoms with Gasteiger partial charge in [0, 0.05) is 0 Å². The van der Waals surface area contributed by atoms with Crippen molar-refractivity contribution in [3.05, 3.63) is 0 Å². The molecule has 0 bridgehead atoms. The summed E-state index contributed by atoms with van der Waals surface area (Å²) in [4.78, 5) is 0. The summed E-state index contributed by atoms with van der Waals surface area (Å²) in [5, 5.41) is 0. The molecule has 0 unspecified atom stereocenters. The molecule has 0 fully saturated rings. The van der Waals surface area contributed by atoms with Gasteiger partial charge in [-0.15, -0.1) is 0 Å². The van der Waals surface area contributed by atoms with Gasteiger partial charge in [0.2, 0.25) is 0 Å². The van der Waals surface area contributed by atoms with Crippen LogP contribution in [-0.4, -0.2) is 10.5 Å². The molecule has 0 spiro atoms. The Morgan fingerprint density at radius 2 is 1.80 bits per heavy atom. The van der Waals surface area contributed by atoms with Crippen LogP contribution in [0.15, 0.2) is 0 Å². The van der Waals surface area contributed by atoms with Gasteiger partial charge in [0.15, 0.2) is 0 Å². The van der Waals surface area contributed by atoms with Gasteiger partial charge < -0.3 is 8.40 Å². The molecule has 0 heterocycles. The molecule has 0 aromatic heterocycles. The molecule has 0 aliphatic carbocycles. The third kappa shape index (κ3) is 4.58. The lowest BCUT2D eigenvalue weighted by molar-refractivity contribution is -1.62. The summed E-state index contributed by atoms with van der Waals surface area (Å²) in [6, 6.07) is 0. The molecule has 32 valence electrons. The fourth-order valence-corrected chi connectivity index (χ4v) is 0. The molecule has 0 rings (SSSR count). The molecule has 0 aliphatic rings. The average Bonchev–Trinajstić information content (AvgIpc) is 1.38. The first kappa shape index (κ1) is 5.58. The Hall–Kier alpha value is 0.577. The first-order valence-electron chi connectivity index (χ1n) is 0.871. The molecule has 0 aliphatic heterocycles. The minimum absolute atomic E-state index is 0.295. The molecule has 0 radical (unpaired) electrons. The quantitative estimate of drug-likeness (QED) is 0.371. The Kier molecular flexibility index (Phi) is 3.12. The number of hydrogen-bond acceptors (Lipinski definition) is 3. The van der Waals surface area contributed by atoms with E-state index in [-0.39, 0.29) is 0 Å². The summed E-state index contributed by atoms with van der Waals surface area (Å²) in [7, 11) is 0.295. The first-order valence-corrected chi connectivity index (χ1v) is 3.63. The molecule has 5 heavy (non-hydrogen) atoms. The van der Waals surface area contributed by atoms with Gasteiger partial charge in [-0.3, -0.25) is 0 Å². The van der Waals surface area contributed by atoms with Gasteiger partial charge >= 0.3 is 14.8 Å². The zero-order chi connectivity index (χ0) is 4.28. The normalized spacial score (nSPS) is 10.2. The predicted octanol–water partition coefficient (Wildman–Crippen LogP) is -3.63. The highest BCUT2D eigenvalue weighted by Crippen LogP contribution is 1.59. The van der Waals surface area contributed by atoms with E-state index in [0.29, 0.717) is 10.5 Å². The van der Waals surface area contributed by atoms with E-state index in [1.54, 1.807) is 0 Å². The van der Waals surface area contributed by atoms with Crippen molar-refractivity contribution in [1.82, 2.24) is 0 Å². The van der Waals surface area contributed by atoms with Crippen molar-refractivity contribution >= 4 is 10.5 Å². The van der Waals surface area contributed by atoms with E-state index in [9.17, 15) is 8.40 Å². The number of hydrogen-bond donors (Lipinski definition) is 0. The fraction of sp³-hybridized carbons (Fsp3) is 0. The molecule has 0 N–H and O–H groups in total. The Balaban J connectivity index is 2.54. The maximum absolute atomic E-state index is 9.26. The smallest absolute Gasteiger partial charge is 0.373 e. The van der Waals surface area contributed by atoms with Gasteiger partial charge in [0.25, 0.3) is 10.5 Å². The molecule has 0 aromatic rings. The van der Waals surface area contributed by atoms with Crippen LogP contribution >= 0.6 is 0 Å². The number of halogens is 1. The van der Waals surface area contributed by atoms with Crippen LogP contribution < -0.4 is 8.40 Å². The number of rotatable bonds is 1. The van der Waals surface area contributed by atoms with Crippen LogP contribution in [0.2, 0.25) is 0 Å². The van der Waals surface area contributed by atoms with E-state index in [1.165, 1.54) is 0 Å².